The Labute approximate surface area is 131 Å². The molecule has 1 atom stereocenters. The molecule has 0 bridgehead atoms. The van der Waals surface area contributed by atoms with Crippen LogP contribution < -0.4 is 5.32 Å². The Morgan fingerprint density at radius 1 is 1.27 bits per heavy atom. The quantitative estimate of drug-likeness (QED) is 0.862. The van der Waals surface area contributed by atoms with E-state index < -0.39 is 0 Å². The summed E-state index contributed by atoms with van der Waals surface area (Å²) in [6.07, 6.45) is 2.34. The number of carbonyl (C=O) groups excluding carboxylic acids is 1. The molecule has 2 N–H and O–H groups in total. The zero-order valence-corrected chi connectivity index (χ0v) is 13.3. The van der Waals surface area contributed by atoms with Crippen molar-refractivity contribution in [3.63, 3.8) is 0 Å². The van der Waals surface area contributed by atoms with Crippen LogP contribution in [0, 0.1) is 20.8 Å². The Morgan fingerprint density at radius 3 is 2.50 bits per heavy atom. The van der Waals surface area contributed by atoms with Gasteiger partial charge in [-0.1, -0.05) is 17.7 Å². The van der Waals surface area contributed by atoms with Gasteiger partial charge in [0, 0.05) is 6.61 Å². The second-order valence-electron chi connectivity index (χ2n) is 5.70. The average molecular weight is 301 g/mol. The smallest absolute Gasteiger partial charge is 0.225 e. The van der Waals surface area contributed by atoms with Gasteiger partial charge in [-0.25, -0.2) is 0 Å². The first-order valence-corrected chi connectivity index (χ1v) is 7.51. The Hall–Kier alpha value is -2.07. The SMILES string of the molecule is Cc1cc(C)c(CC(=O)N[C@H](CCO)c2ccco2)c(C)c1. The highest BCUT2D eigenvalue weighted by molar-refractivity contribution is 5.79. The van der Waals surface area contributed by atoms with Gasteiger partial charge in [0.05, 0.1) is 18.7 Å². The van der Waals surface area contributed by atoms with E-state index >= 15 is 0 Å². The van der Waals surface area contributed by atoms with Crippen LogP contribution >= 0.6 is 0 Å². The maximum Gasteiger partial charge on any atom is 0.225 e. The lowest BCUT2D eigenvalue weighted by atomic mass is 9.97. The average Bonchev–Trinajstić information content (AvgIpc) is 2.96. The number of nitrogens with one attached hydrogen (secondary N) is 1. The van der Waals surface area contributed by atoms with Gasteiger partial charge in [0.1, 0.15) is 5.76 Å². The van der Waals surface area contributed by atoms with E-state index in [1.54, 1.807) is 12.3 Å². The summed E-state index contributed by atoms with van der Waals surface area (Å²) in [7, 11) is 0. The molecular formula is C18H23NO3. The zero-order valence-electron chi connectivity index (χ0n) is 13.3. The molecule has 0 radical (unpaired) electrons. The van der Waals surface area contributed by atoms with Crippen molar-refractivity contribution in [1.29, 1.82) is 0 Å². The number of carbonyl (C=O) groups is 1. The fourth-order valence-electron chi connectivity index (χ4n) is 2.80. The van der Waals surface area contributed by atoms with Crippen molar-refractivity contribution in [2.75, 3.05) is 6.61 Å². The van der Waals surface area contributed by atoms with E-state index in [-0.39, 0.29) is 18.6 Å². The van der Waals surface area contributed by atoms with E-state index in [0.717, 1.165) is 16.7 Å². The van der Waals surface area contributed by atoms with E-state index in [1.807, 2.05) is 19.9 Å². The van der Waals surface area contributed by atoms with Crippen molar-refractivity contribution in [1.82, 2.24) is 5.32 Å². The number of aryl methyl sites for hydroxylation is 3. The van der Waals surface area contributed by atoms with E-state index in [4.69, 9.17) is 9.52 Å². The van der Waals surface area contributed by atoms with Crippen molar-refractivity contribution in [2.45, 2.75) is 39.7 Å². The standard InChI is InChI=1S/C18H23NO3/c1-12-9-13(2)15(14(3)10-12)11-18(21)19-16(6-7-20)17-5-4-8-22-17/h4-5,8-10,16,20H,6-7,11H2,1-3H3,(H,19,21)/t16-/m1/s1. The van der Waals surface area contributed by atoms with Crippen LogP contribution in [-0.2, 0) is 11.2 Å². The van der Waals surface area contributed by atoms with Gasteiger partial charge in [0.15, 0.2) is 0 Å². The molecule has 0 saturated heterocycles. The molecule has 0 unspecified atom stereocenters. The minimum atomic E-state index is -0.293. The highest BCUT2D eigenvalue weighted by atomic mass is 16.3. The van der Waals surface area contributed by atoms with E-state index in [1.165, 1.54) is 5.56 Å². The summed E-state index contributed by atoms with van der Waals surface area (Å²) in [6.45, 7) is 6.10. The number of hydrogen-bond donors (Lipinski definition) is 2. The summed E-state index contributed by atoms with van der Waals surface area (Å²) in [6, 6.07) is 7.47. The molecule has 0 fully saturated rings. The number of benzene rings is 1. The summed E-state index contributed by atoms with van der Waals surface area (Å²) in [5, 5.41) is 12.1. The highest BCUT2D eigenvalue weighted by Crippen LogP contribution is 2.19. The number of aliphatic hydroxyl groups excluding tert-OH is 1. The lowest BCUT2D eigenvalue weighted by Gasteiger charge is -2.17. The van der Waals surface area contributed by atoms with Gasteiger partial charge >= 0.3 is 0 Å². The predicted octanol–water partition coefficient (Wildman–Crippen LogP) is 2.99. The van der Waals surface area contributed by atoms with Crippen LogP contribution in [0.1, 0.15) is 40.5 Å². The summed E-state index contributed by atoms with van der Waals surface area (Å²) in [5.41, 5.74) is 4.52. The van der Waals surface area contributed by atoms with Gasteiger partial charge in [0.2, 0.25) is 5.91 Å². The number of aliphatic hydroxyl groups is 1. The van der Waals surface area contributed by atoms with Crippen LogP contribution in [0.2, 0.25) is 0 Å². The second kappa shape index (κ2) is 7.27. The Kier molecular flexibility index (Phi) is 5.39. The van der Waals surface area contributed by atoms with Gasteiger partial charge in [-0.2, -0.15) is 0 Å². The van der Waals surface area contributed by atoms with E-state index in [2.05, 4.69) is 24.4 Å². The zero-order chi connectivity index (χ0) is 16.1. The molecule has 0 aliphatic rings. The van der Waals surface area contributed by atoms with Crippen LogP contribution in [0.4, 0.5) is 0 Å². The van der Waals surface area contributed by atoms with E-state index in [0.29, 0.717) is 18.6 Å². The molecule has 0 spiro atoms. The molecule has 1 aromatic carbocycles. The summed E-state index contributed by atoms with van der Waals surface area (Å²) >= 11 is 0. The van der Waals surface area contributed by atoms with Gasteiger partial charge in [-0.3, -0.25) is 4.79 Å². The van der Waals surface area contributed by atoms with Crippen molar-refractivity contribution in [3.8, 4) is 0 Å². The maximum absolute atomic E-state index is 12.3. The third-order valence-corrected chi connectivity index (χ3v) is 3.82. The third-order valence-electron chi connectivity index (χ3n) is 3.82. The number of amides is 1. The predicted molar refractivity (Wildman–Crippen MR) is 85.7 cm³/mol. The van der Waals surface area contributed by atoms with Crippen LogP contribution in [0.3, 0.4) is 0 Å². The van der Waals surface area contributed by atoms with Crippen LogP contribution in [-0.4, -0.2) is 17.6 Å². The number of hydrogen-bond acceptors (Lipinski definition) is 3. The molecule has 4 heteroatoms. The monoisotopic (exact) mass is 301 g/mol. The number of furan rings is 1. The van der Waals surface area contributed by atoms with Crippen molar-refractivity contribution < 1.29 is 14.3 Å². The van der Waals surface area contributed by atoms with Gasteiger partial charge in [-0.15, -0.1) is 0 Å². The van der Waals surface area contributed by atoms with E-state index in [9.17, 15) is 4.79 Å². The lowest BCUT2D eigenvalue weighted by Crippen LogP contribution is -2.30. The molecule has 4 nitrogen and oxygen atoms in total. The molecule has 2 rings (SSSR count). The van der Waals surface area contributed by atoms with Crippen LogP contribution in [0.15, 0.2) is 34.9 Å². The molecule has 1 amide bonds. The largest absolute Gasteiger partial charge is 0.467 e. The fourth-order valence-corrected chi connectivity index (χ4v) is 2.80. The highest BCUT2D eigenvalue weighted by Gasteiger charge is 2.18. The van der Waals surface area contributed by atoms with Crippen molar-refractivity contribution in [2.24, 2.45) is 0 Å². The molecule has 1 heterocycles. The summed E-state index contributed by atoms with van der Waals surface area (Å²) in [5.74, 6) is 0.602. The Bertz CT molecular complexity index is 609. The molecule has 0 aliphatic carbocycles. The minimum Gasteiger partial charge on any atom is -0.467 e. The molecule has 118 valence electrons. The Balaban J connectivity index is 2.09. The minimum absolute atomic E-state index is 0.00572. The Morgan fingerprint density at radius 2 is 1.95 bits per heavy atom. The summed E-state index contributed by atoms with van der Waals surface area (Å²) in [4.78, 5) is 12.3. The number of rotatable bonds is 6. The first-order valence-electron chi connectivity index (χ1n) is 7.51. The second-order valence-corrected chi connectivity index (χ2v) is 5.70. The van der Waals surface area contributed by atoms with Gasteiger partial charge < -0.3 is 14.8 Å². The summed E-state index contributed by atoms with van der Waals surface area (Å²) < 4.78 is 5.34. The van der Waals surface area contributed by atoms with Crippen LogP contribution in [0.5, 0.6) is 0 Å². The van der Waals surface area contributed by atoms with Gasteiger partial charge in [0.25, 0.3) is 0 Å². The molecule has 0 aliphatic heterocycles. The van der Waals surface area contributed by atoms with Crippen molar-refractivity contribution >= 4 is 5.91 Å². The fraction of sp³-hybridized carbons (Fsp3) is 0.389. The first-order chi connectivity index (χ1) is 10.5. The molecule has 22 heavy (non-hydrogen) atoms. The lowest BCUT2D eigenvalue weighted by molar-refractivity contribution is -0.121. The topological polar surface area (TPSA) is 62.5 Å². The third kappa shape index (κ3) is 3.98. The normalized spacial score (nSPS) is 12.2. The first kappa shape index (κ1) is 16.3. The van der Waals surface area contributed by atoms with Gasteiger partial charge in [-0.05, 0) is 56.0 Å². The maximum atomic E-state index is 12.3. The molecular weight excluding hydrogens is 278 g/mol. The van der Waals surface area contributed by atoms with Crippen molar-refractivity contribution in [3.05, 3.63) is 58.5 Å². The molecule has 0 saturated carbocycles. The molecule has 1 aromatic heterocycles. The van der Waals surface area contributed by atoms with Crippen LogP contribution in [0.25, 0.3) is 0 Å². The molecule has 2 aromatic rings.